The fourth-order valence-corrected chi connectivity index (χ4v) is 6.93. The van der Waals surface area contributed by atoms with Gasteiger partial charge < -0.3 is 5.32 Å². The summed E-state index contributed by atoms with van der Waals surface area (Å²) in [5.74, 6) is 0.358. The van der Waals surface area contributed by atoms with Crippen LogP contribution in [0, 0.1) is 6.92 Å². The lowest BCUT2D eigenvalue weighted by Gasteiger charge is -2.24. The molecule has 1 amide bonds. The Morgan fingerprint density at radius 2 is 1.97 bits per heavy atom. The predicted molar refractivity (Wildman–Crippen MR) is 131 cm³/mol. The van der Waals surface area contributed by atoms with Gasteiger partial charge in [0.25, 0.3) is 5.56 Å². The van der Waals surface area contributed by atoms with E-state index in [0.29, 0.717) is 16.3 Å². The van der Waals surface area contributed by atoms with E-state index in [1.54, 1.807) is 16.3 Å². The van der Waals surface area contributed by atoms with Crippen LogP contribution in [-0.4, -0.2) is 26.5 Å². The fourth-order valence-electron chi connectivity index (χ4n) is 4.55. The van der Waals surface area contributed by atoms with Gasteiger partial charge in [-0.15, -0.1) is 11.8 Å². The second-order valence-corrected chi connectivity index (χ2v) is 10.5. The molecule has 164 valence electrons. The highest BCUT2D eigenvalue weighted by Gasteiger charge is 2.39. The summed E-state index contributed by atoms with van der Waals surface area (Å²) in [7, 11) is 0. The summed E-state index contributed by atoms with van der Waals surface area (Å²) in [5, 5.41) is 4.80. The lowest BCUT2D eigenvalue weighted by molar-refractivity contribution is -0.113. The smallest absolute Gasteiger partial charge is 0.263 e. The molecule has 32 heavy (non-hydrogen) atoms. The second kappa shape index (κ2) is 9.16. The van der Waals surface area contributed by atoms with Crippen molar-refractivity contribution in [2.45, 2.75) is 54.0 Å². The summed E-state index contributed by atoms with van der Waals surface area (Å²) in [5.41, 5.74) is 3.54. The maximum atomic E-state index is 13.8. The van der Waals surface area contributed by atoms with E-state index in [9.17, 15) is 9.59 Å². The Morgan fingerprint density at radius 1 is 1.16 bits per heavy atom. The molecule has 3 aromatic rings. The predicted octanol–water partition coefficient (Wildman–Crippen LogP) is 5.40. The van der Waals surface area contributed by atoms with E-state index in [2.05, 4.69) is 5.32 Å². The van der Waals surface area contributed by atoms with Gasteiger partial charge in [0.1, 0.15) is 5.03 Å². The zero-order chi connectivity index (χ0) is 22.1. The Bertz CT molecular complexity index is 1210. The van der Waals surface area contributed by atoms with Crippen molar-refractivity contribution in [1.29, 1.82) is 0 Å². The molecule has 0 unspecified atom stereocenters. The minimum absolute atomic E-state index is 0.0217. The number of benzene rings is 2. The minimum Gasteiger partial charge on any atom is -0.325 e. The SMILES string of the molecule is Cc1cccc(-n2c(SCC(=O)Nc3ccccc3)nc3c(c2=O)[C@H]2CCCC[C@@H]2S3)c1. The third-order valence-corrected chi connectivity index (χ3v) is 8.38. The highest BCUT2D eigenvalue weighted by molar-refractivity contribution is 8.00. The van der Waals surface area contributed by atoms with Gasteiger partial charge in [-0.05, 0) is 49.6 Å². The molecule has 2 aliphatic rings. The second-order valence-electron chi connectivity index (χ2n) is 8.34. The Kier molecular flexibility index (Phi) is 6.11. The molecule has 0 bridgehead atoms. The van der Waals surface area contributed by atoms with Crippen molar-refractivity contribution >= 4 is 35.1 Å². The summed E-state index contributed by atoms with van der Waals surface area (Å²) in [6, 6.07) is 17.3. The van der Waals surface area contributed by atoms with E-state index in [0.717, 1.165) is 40.4 Å². The monoisotopic (exact) mass is 463 g/mol. The third-order valence-electron chi connectivity index (χ3n) is 6.04. The van der Waals surface area contributed by atoms with Crippen LogP contribution in [0.4, 0.5) is 5.69 Å². The number of amides is 1. The molecule has 0 radical (unpaired) electrons. The molecule has 1 N–H and O–H groups in total. The molecule has 2 heterocycles. The van der Waals surface area contributed by atoms with Gasteiger partial charge in [-0.3, -0.25) is 14.2 Å². The average molecular weight is 464 g/mol. The Morgan fingerprint density at radius 3 is 2.78 bits per heavy atom. The van der Waals surface area contributed by atoms with Gasteiger partial charge in [0.2, 0.25) is 5.91 Å². The topological polar surface area (TPSA) is 64.0 Å². The highest BCUT2D eigenvalue weighted by Crippen LogP contribution is 2.50. The first kappa shape index (κ1) is 21.3. The molecular formula is C25H25N3O2S2. The van der Waals surface area contributed by atoms with Crippen molar-refractivity contribution in [3.63, 3.8) is 0 Å². The van der Waals surface area contributed by atoms with E-state index in [4.69, 9.17) is 4.98 Å². The first-order chi connectivity index (χ1) is 15.6. The van der Waals surface area contributed by atoms with Gasteiger partial charge >= 0.3 is 0 Å². The average Bonchev–Trinajstić information content (AvgIpc) is 3.17. The summed E-state index contributed by atoms with van der Waals surface area (Å²) >= 11 is 3.07. The van der Waals surface area contributed by atoms with E-state index >= 15 is 0 Å². The zero-order valence-corrected chi connectivity index (χ0v) is 19.5. The standard InChI is InChI=1S/C25H25N3O2S2/c1-16-8-7-11-18(14-16)28-24(30)22-19-12-5-6-13-20(19)32-23(22)27-25(28)31-15-21(29)26-17-9-3-2-4-10-17/h2-4,7-11,14,19-20H,5-6,12-13,15H2,1H3,(H,26,29)/t19-,20-/m0/s1. The van der Waals surface area contributed by atoms with Gasteiger partial charge in [-0.1, -0.05) is 54.9 Å². The number of rotatable bonds is 5. The molecule has 1 saturated carbocycles. The van der Waals surface area contributed by atoms with Crippen molar-refractivity contribution in [1.82, 2.24) is 9.55 Å². The molecule has 1 aliphatic carbocycles. The number of aromatic nitrogens is 2. The van der Waals surface area contributed by atoms with Crippen LogP contribution >= 0.6 is 23.5 Å². The first-order valence-electron chi connectivity index (χ1n) is 11.0. The van der Waals surface area contributed by atoms with Crippen LogP contribution in [0.3, 0.4) is 0 Å². The fraction of sp³-hybridized carbons (Fsp3) is 0.320. The molecule has 1 fully saturated rings. The Hall–Kier alpha value is -2.51. The number of hydrogen-bond donors (Lipinski definition) is 1. The van der Waals surface area contributed by atoms with Gasteiger partial charge in [0.15, 0.2) is 5.16 Å². The summed E-state index contributed by atoms with van der Waals surface area (Å²) < 4.78 is 1.71. The molecule has 5 rings (SSSR count). The van der Waals surface area contributed by atoms with Crippen LogP contribution in [0.15, 0.2) is 69.6 Å². The third kappa shape index (κ3) is 4.24. The van der Waals surface area contributed by atoms with E-state index < -0.39 is 0 Å². The molecule has 7 heteroatoms. The number of anilines is 1. The molecule has 5 nitrogen and oxygen atoms in total. The van der Waals surface area contributed by atoms with E-state index in [1.165, 1.54) is 24.6 Å². The molecule has 1 aromatic heterocycles. The summed E-state index contributed by atoms with van der Waals surface area (Å²) in [6.07, 6.45) is 4.58. The number of hydrogen-bond acceptors (Lipinski definition) is 5. The summed E-state index contributed by atoms with van der Waals surface area (Å²) in [6.45, 7) is 2.02. The van der Waals surface area contributed by atoms with Gasteiger partial charge in [0, 0.05) is 16.9 Å². The lowest BCUT2D eigenvalue weighted by atomic mass is 9.85. The van der Waals surface area contributed by atoms with Crippen LogP contribution in [0.2, 0.25) is 0 Å². The normalized spacial score (nSPS) is 19.3. The van der Waals surface area contributed by atoms with Crippen LogP contribution < -0.4 is 10.9 Å². The van der Waals surface area contributed by atoms with Crippen LogP contribution in [0.25, 0.3) is 5.69 Å². The number of thioether (sulfide) groups is 2. The Balaban J connectivity index is 1.49. The van der Waals surface area contributed by atoms with Gasteiger partial charge in [-0.25, -0.2) is 4.98 Å². The first-order valence-corrected chi connectivity index (χ1v) is 12.8. The molecular weight excluding hydrogens is 438 g/mol. The lowest BCUT2D eigenvalue weighted by Crippen LogP contribution is -2.29. The van der Waals surface area contributed by atoms with E-state index in [1.807, 2.05) is 61.5 Å². The highest BCUT2D eigenvalue weighted by atomic mass is 32.2. The number of fused-ring (bicyclic) bond motifs is 3. The number of aryl methyl sites for hydroxylation is 1. The Labute approximate surface area is 196 Å². The largest absolute Gasteiger partial charge is 0.325 e. The van der Waals surface area contributed by atoms with Crippen molar-refractivity contribution in [3.8, 4) is 5.69 Å². The van der Waals surface area contributed by atoms with E-state index in [-0.39, 0.29) is 17.2 Å². The van der Waals surface area contributed by atoms with Gasteiger partial charge in [0.05, 0.1) is 17.0 Å². The van der Waals surface area contributed by atoms with Crippen molar-refractivity contribution in [2.24, 2.45) is 0 Å². The number of para-hydroxylation sites is 1. The van der Waals surface area contributed by atoms with Crippen LogP contribution in [-0.2, 0) is 4.79 Å². The van der Waals surface area contributed by atoms with Crippen LogP contribution in [0.1, 0.15) is 42.7 Å². The van der Waals surface area contributed by atoms with Crippen molar-refractivity contribution in [3.05, 3.63) is 76.1 Å². The zero-order valence-electron chi connectivity index (χ0n) is 17.9. The molecule has 1 aliphatic heterocycles. The maximum Gasteiger partial charge on any atom is 0.263 e. The number of carbonyl (C=O) groups excluding carboxylic acids is 1. The number of nitrogens with one attached hydrogen (secondary N) is 1. The van der Waals surface area contributed by atoms with Gasteiger partial charge in [-0.2, -0.15) is 0 Å². The van der Waals surface area contributed by atoms with Crippen molar-refractivity contribution < 1.29 is 4.79 Å². The number of carbonyl (C=O) groups is 1. The van der Waals surface area contributed by atoms with Crippen molar-refractivity contribution in [2.75, 3.05) is 11.1 Å². The molecule has 0 saturated heterocycles. The summed E-state index contributed by atoms with van der Waals surface area (Å²) in [4.78, 5) is 31.3. The quantitative estimate of drug-likeness (QED) is 0.312. The number of nitrogens with zero attached hydrogens (tertiary/aromatic N) is 2. The molecule has 2 aromatic carbocycles. The minimum atomic E-state index is -0.118. The molecule has 0 spiro atoms. The van der Waals surface area contributed by atoms with Crippen LogP contribution in [0.5, 0.6) is 0 Å². The molecule has 2 atom stereocenters. The maximum absolute atomic E-state index is 13.8.